The van der Waals surface area contributed by atoms with Crippen molar-refractivity contribution in [3.8, 4) is 0 Å². The molecule has 1 aliphatic rings. The Balaban J connectivity index is 2.09. The quantitative estimate of drug-likeness (QED) is 0.894. The largest absolute Gasteiger partial charge is 0.481 e. The Bertz CT molecular complexity index is 622. The Hall–Kier alpha value is -2.37. The molecule has 24 heavy (non-hydrogen) atoms. The minimum Gasteiger partial charge on any atom is -0.481 e. The number of likely N-dealkylation sites (tertiary alicyclic amines) is 1. The third-order valence-corrected chi connectivity index (χ3v) is 4.65. The van der Waals surface area contributed by atoms with E-state index in [1.54, 1.807) is 34.1 Å². The molecule has 0 radical (unpaired) electrons. The Morgan fingerprint density at radius 2 is 1.62 bits per heavy atom. The van der Waals surface area contributed by atoms with Gasteiger partial charge in [-0.3, -0.25) is 14.4 Å². The molecule has 1 aliphatic heterocycles. The Morgan fingerprint density at radius 1 is 1.08 bits per heavy atom. The fourth-order valence-electron chi connectivity index (χ4n) is 3.09. The van der Waals surface area contributed by atoms with Crippen LogP contribution in [0, 0.1) is 11.8 Å². The van der Waals surface area contributed by atoms with Crippen LogP contribution in [-0.4, -0.2) is 58.9 Å². The van der Waals surface area contributed by atoms with Crippen LogP contribution in [0.4, 0.5) is 0 Å². The van der Waals surface area contributed by atoms with Crippen molar-refractivity contribution in [2.75, 3.05) is 26.2 Å². The third kappa shape index (κ3) is 3.58. The molecule has 0 aromatic heterocycles. The van der Waals surface area contributed by atoms with Crippen LogP contribution in [0.15, 0.2) is 24.3 Å². The van der Waals surface area contributed by atoms with E-state index in [4.69, 9.17) is 5.11 Å². The summed E-state index contributed by atoms with van der Waals surface area (Å²) in [5.74, 6) is -1.68. The summed E-state index contributed by atoms with van der Waals surface area (Å²) in [5.41, 5.74) is 1.03. The van der Waals surface area contributed by atoms with E-state index in [0.717, 1.165) is 0 Å². The van der Waals surface area contributed by atoms with Gasteiger partial charge in [-0.1, -0.05) is 6.92 Å². The van der Waals surface area contributed by atoms with E-state index in [0.29, 0.717) is 30.8 Å². The Morgan fingerprint density at radius 3 is 2.08 bits per heavy atom. The molecule has 1 aromatic rings. The number of hydrogen-bond acceptors (Lipinski definition) is 3. The third-order valence-electron chi connectivity index (χ3n) is 4.65. The van der Waals surface area contributed by atoms with Crippen molar-refractivity contribution < 1.29 is 19.5 Å². The van der Waals surface area contributed by atoms with Gasteiger partial charge in [0.05, 0.1) is 5.92 Å². The van der Waals surface area contributed by atoms with E-state index in [-0.39, 0.29) is 24.3 Å². The van der Waals surface area contributed by atoms with Crippen LogP contribution in [-0.2, 0) is 4.79 Å². The fourth-order valence-corrected chi connectivity index (χ4v) is 3.09. The molecule has 1 fully saturated rings. The molecule has 1 aromatic carbocycles. The van der Waals surface area contributed by atoms with Gasteiger partial charge < -0.3 is 14.9 Å². The van der Waals surface area contributed by atoms with E-state index in [1.807, 2.05) is 20.8 Å². The summed E-state index contributed by atoms with van der Waals surface area (Å²) in [5, 5.41) is 9.17. The van der Waals surface area contributed by atoms with Crippen molar-refractivity contribution in [1.29, 1.82) is 0 Å². The Labute approximate surface area is 142 Å². The molecule has 1 saturated heterocycles. The van der Waals surface area contributed by atoms with Crippen molar-refractivity contribution >= 4 is 17.8 Å². The summed E-state index contributed by atoms with van der Waals surface area (Å²) in [6.45, 7) is 7.64. The van der Waals surface area contributed by atoms with Crippen molar-refractivity contribution in [1.82, 2.24) is 9.80 Å². The van der Waals surface area contributed by atoms with Gasteiger partial charge in [-0.05, 0) is 44.0 Å². The number of amides is 2. The highest BCUT2D eigenvalue weighted by atomic mass is 16.4. The minimum absolute atomic E-state index is 0.0558. The van der Waals surface area contributed by atoms with Gasteiger partial charge in [0.15, 0.2) is 0 Å². The van der Waals surface area contributed by atoms with Gasteiger partial charge in [-0.2, -0.15) is 0 Å². The lowest BCUT2D eigenvalue weighted by Gasteiger charge is -2.19. The number of rotatable bonds is 5. The smallest absolute Gasteiger partial charge is 0.308 e. The van der Waals surface area contributed by atoms with Crippen LogP contribution >= 0.6 is 0 Å². The number of aliphatic carboxylic acids is 1. The summed E-state index contributed by atoms with van der Waals surface area (Å²) in [6, 6.07) is 6.58. The Kier molecular flexibility index (Phi) is 5.59. The maximum Gasteiger partial charge on any atom is 0.308 e. The van der Waals surface area contributed by atoms with E-state index in [2.05, 4.69) is 0 Å². The van der Waals surface area contributed by atoms with Gasteiger partial charge in [0.2, 0.25) is 0 Å². The van der Waals surface area contributed by atoms with Crippen LogP contribution in [0.5, 0.6) is 0 Å². The van der Waals surface area contributed by atoms with Crippen LogP contribution < -0.4 is 0 Å². The fraction of sp³-hybridized carbons (Fsp3) is 0.500. The molecule has 0 unspecified atom stereocenters. The maximum absolute atomic E-state index is 12.5. The van der Waals surface area contributed by atoms with Gasteiger partial charge in [0.25, 0.3) is 11.8 Å². The lowest BCUT2D eigenvalue weighted by atomic mass is 9.99. The van der Waals surface area contributed by atoms with Crippen LogP contribution in [0.25, 0.3) is 0 Å². The molecular weight excluding hydrogens is 308 g/mol. The van der Waals surface area contributed by atoms with Gasteiger partial charge in [-0.15, -0.1) is 0 Å². The predicted octanol–water partition coefficient (Wildman–Crippen LogP) is 1.96. The van der Waals surface area contributed by atoms with Gasteiger partial charge >= 0.3 is 5.97 Å². The highest BCUT2D eigenvalue weighted by molar-refractivity contribution is 5.98. The summed E-state index contributed by atoms with van der Waals surface area (Å²) >= 11 is 0. The van der Waals surface area contributed by atoms with E-state index in [1.165, 1.54) is 0 Å². The molecule has 0 saturated carbocycles. The number of carbonyl (C=O) groups is 3. The molecular formula is C18H24N2O4. The standard InChI is InChI=1S/C18H24N2O4/c1-4-19(5-2)16(21)13-6-8-14(9-7-13)17(22)20-10-12(3)15(11-20)18(23)24/h6-9,12,15H,4-5,10-11H2,1-3H3,(H,23,24)/t12-,15-/m1/s1. The zero-order valence-electron chi connectivity index (χ0n) is 14.4. The summed E-state index contributed by atoms with van der Waals surface area (Å²) in [6.07, 6.45) is 0. The second-order valence-electron chi connectivity index (χ2n) is 6.19. The van der Waals surface area contributed by atoms with Crippen molar-refractivity contribution in [2.24, 2.45) is 11.8 Å². The van der Waals surface area contributed by atoms with Crippen molar-refractivity contribution in [2.45, 2.75) is 20.8 Å². The van der Waals surface area contributed by atoms with Crippen molar-refractivity contribution in [3.05, 3.63) is 35.4 Å². The van der Waals surface area contributed by atoms with E-state index < -0.39 is 11.9 Å². The second-order valence-corrected chi connectivity index (χ2v) is 6.19. The molecule has 2 amide bonds. The summed E-state index contributed by atoms with van der Waals surface area (Å²) in [4.78, 5) is 39.3. The zero-order chi connectivity index (χ0) is 17.9. The monoisotopic (exact) mass is 332 g/mol. The molecule has 6 heteroatoms. The molecule has 0 aliphatic carbocycles. The molecule has 2 rings (SSSR count). The number of carboxylic acid groups (broad SMARTS) is 1. The lowest BCUT2D eigenvalue weighted by Crippen LogP contribution is -2.31. The highest BCUT2D eigenvalue weighted by Gasteiger charge is 2.37. The maximum atomic E-state index is 12.5. The normalized spacial score (nSPS) is 20.0. The first-order valence-corrected chi connectivity index (χ1v) is 8.30. The molecule has 0 bridgehead atoms. The summed E-state index contributed by atoms with van der Waals surface area (Å²) < 4.78 is 0. The number of carbonyl (C=O) groups excluding carboxylic acids is 2. The zero-order valence-corrected chi connectivity index (χ0v) is 14.4. The molecule has 130 valence electrons. The predicted molar refractivity (Wildman–Crippen MR) is 89.9 cm³/mol. The first-order valence-electron chi connectivity index (χ1n) is 8.30. The van der Waals surface area contributed by atoms with E-state index >= 15 is 0 Å². The first kappa shape index (κ1) is 18.0. The van der Waals surface area contributed by atoms with Crippen LogP contribution in [0.1, 0.15) is 41.5 Å². The number of hydrogen-bond donors (Lipinski definition) is 1. The average Bonchev–Trinajstić information content (AvgIpc) is 2.97. The lowest BCUT2D eigenvalue weighted by molar-refractivity contribution is -0.142. The molecule has 6 nitrogen and oxygen atoms in total. The molecule has 0 spiro atoms. The molecule has 1 N–H and O–H groups in total. The highest BCUT2D eigenvalue weighted by Crippen LogP contribution is 2.24. The number of benzene rings is 1. The van der Waals surface area contributed by atoms with Crippen LogP contribution in [0.3, 0.4) is 0 Å². The summed E-state index contributed by atoms with van der Waals surface area (Å²) in [7, 11) is 0. The molecule has 1 heterocycles. The number of nitrogens with zero attached hydrogens (tertiary/aromatic N) is 2. The number of carboxylic acids is 1. The van der Waals surface area contributed by atoms with Gasteiger partial charge in [-0.25, -0.2) is 0 Å². The van der Waals surface area contributed by atoms with Gasteiger partial charge in [0, 0.05) is 37.3 Å². The average molecular weight is 332 g/mol. The SMILES string of the molecule is CCN(CC)C(=O)c1ccc(C(=O)N2C[C@@H](C)[C@H](C(=O)O)C2)cc1. The van der Waals surface area contributed by atoms with Crippen LogP contribution in [0.2, 0.25) is 0 Å². The minimum atomic E-state index is -0.863. The first-order chi connectivity index (χ1) is 11.4. The second kappa shape index (κ2) is 7.47. The van der Waals surface area contributed by atoms with E-state index in [9.17, 15) is 14.4 Å². The molecule has 2 atom stereocenters. The van der Waals surface area contributed by atoms with Gasteiger partial charge in [0.1, 0.15) is 0 Å². The topological polar surface area (TPSA) is 77.9 Å². The van der Waals surface area contributed by atoms with Crippen molar-refractivity contribution in [3.63, 3.8) is 0 Å².